The molecule has 1 rings (SSSR count). The van der Waals surface area contributed by atoms with Crippen LogP contribution >= 0.6 is 43.5 Å². The zero-order chi connectivity index (χ0) is 9.30. The third-order valence-corrected chi connectivity index (χ3v) is 2.59. The molecule has 0 aliphatic rings. The van der Waals surface area contributed by atoms with Crippen molar-refractivity contribution in [2.24, 2.45) is 0 Å². The Morgan fingerprint density at radius 1 is 1.33 bits per heavy atom. The molecule has 0 atom stereocenters. The maximum atomic E-state index is 10.5. The molecule has 0 saturated carbocycles. The average Bonchev–Trinajstić information content (AvgIpc) is 1.82. The summed E-state index contributed by atoms with van der Waals surface area (Å²) in [7, 11) is 0. The van der Waals surface area contributed by atoms with Crippen LogP contribution in [0.5, 0.6) is 0 Å². The van der Waals surface area contributed by atoms with E-state index in [2.05, 4.69) is 31.9 Å². The van der Waals surface area contributed by atoms with Crippen molar-refractivity contribution in [3.8, 4) is 0 Å². The van der Waals surface area contributed by atoms with E-state index in [9.17, 15) is 10.1 Å². The number of nitro benzene ring substituents is 1. The van der Waals surface area contributed by atoms with Gasteiger partial charge in [-0.1, -0.05) is 11.6 Å². The van der Waals surface area contributed by atoms with Crippen LogP contribution in [0.25, 0.3) is 0 Å². The van der Waals surface area contributed by atoms with Gasteiger partial charge in [-0.25, -0.2) is 0 Å². The van der Waals surface area contributed by atoms with Crippen molar-refractivity contribution < 1.29 is 4.92 Å². The summed E-state index contributed by atoms with van der Waals surface area (Å²) in [6, 6.07) is 2.95. The third kappa shape index (κ3) is 1.97. The highest BCUT2D eigenvalue weighted by atomic mass is 79.9. The number of benzene rings is 1. The van der Waals surface area contributed by atoms with Crippen molar-refractivity contribution in [3.05, 3.63) is 36.2 Å². The van der Waals surface area contributed by atoms with Crippen LogP contribution in [0.3, 0.4) is 0 Å². The van der Waals surface area contributed by atoms with Crippen molar-refractivity contribution in [2.45, 2.75) is 0 Å². The van der Waals surface area contributed by atoms with Crippen molar-refractivity contribution in [2.75, 3.05) is 0 Å². The van der Waals surface area contributed by atoms with E-state index in [0.29, 0.717) is 14.0 Å². The number of hydrogen-bond acceptors (Lipinski definition) is 2. The van der Waals surface area contributed by atoms with Crippen LogP contribution in [0.2, 0.25) is 5.02 Å². The molecule has 0 aliphatic heterocycles. The minimum Gasteiger partial charge on any atom is -0.258 e. The Bertz CT molecular complexity index is 319. The molecule has 0 unspecified atom stereocenters. The summed E-state index contributed by atoms with van der Waals surface area (Å²) in [5, 5.41) is 10.9. The summed E-state index contributed by atoms with van der Waals surface area (Å²) in [4.78, 5) is 9.97. The van der Waals surface area contributed by atoms with Crippen LogP contribution in [0, 0.1) is 10.1 Å². The van der Waals surface area contributed by atoms with Gasteiger partial charge in [0.15, 0.2) is 0 Å². The average molecular weight is 315 g/mol. The van der Waals surface area contributed by atoms with Crippen molar-refractivity contribution in [1.29, 1.82) is 0 Å². The number of nitrogens with zero attached hydrogens (tertiary/aromatic N) is 1. The van der Waals surface area contributed by atoms with Gasteiger partial charge in [-0.05, 0) is 44.0 Å². The topological polar surface area (TPSA) is 43.1 Å². The number of rotatable bonds is 1. The van der Waals surface area contributed by atoms with Crippen molar-refractivity contribution in [1.82, 2.24) is 0 Å². The van der Waals surface area contributed by atoms with Gasteiger partial charge in [-0.15, -0.1) is 0 Å². The first kappa shape index (κ1) is 9.95. The van der Waals surface area contributed by atoms with E-state index in [1.807, 2.05) is 0 Å². The van der Waals surface area contributed by atoms with Crippen LogP contribution in [-0.4, -0.2) is 4.92 Å². The molecule has 0 radical (unpaired) electrons. The van der Waals surface area contributed by atoms with Gasteiger partial charge in [0, 0.05) is 5.02 Å². The molecule has 0 aromatic heterocycles. The minimum absolute atomic E-state index is 0.0144. The SMILES string of the molecule is O=[N+]([O-])c1c(Br)cc(Cl)cc1Br. The summed E-state index contributed by atoms with van der Waals surface area (Å²) in [5.41, 5.74) is -0.0144. The van der Waals surface area contributed by atoms with Crippen LogP contribution in [0.15, 0.2) is 21.1 Å². The van der Waals surface area contributed by atoms with Crippen LogP contribution in [0.1, 0.15) is 0 Å². The smallest absolute Gasteiger partial charge is 0.258 e. The molecule has 0 heterocycles. The minimum atomic E-state index is -0.482. The first-order valence-corrected chi connectivity index (χ1v) is 4.77. The maximum absolute atomic E-state index is 10.5. The molecule has 3 nitrogen and oxygen atoms in total. The standard InChI is InChI=1S/C6H2Br2ClNO2/c7-4-1-3(9)2-5(8)6(4)10(11)12/h1-2H. The summed E-state index contributed by atoms with van der Waals surface area (Å²) in [5.74, 6) is 0. The van der Waals surface area contributed by atoms with Crippen LogP contribution in [-0.2, 0) is 0 Å². The van der Waals surface area contributed by atoms with Gasteiger partial charge in [-0.2, -0.15) is 0 Å². The lowest BCUT2D eigenvalue weighted by atomic mass is 10.3. The van der Waals surface area contributed by atoms with Gasteiger partial charge in [0.05, 0.1) is 13.9 Å². The first-order chi connectivity index (χ1) is 5.52. The quantitative estimate of drug-likeness (QED) is 0.585. The molecule has 6 heteroatoms. The van der Waals surface area contributed by atoms with E-state index in [-0.39, 0.29) is 5.69 Å². The molecule has 0 aliphatic carbocycles. The van der Waals surface area contributed by atoms with Crippen molar-refractivity contribution >= 4 is 49.1 Å². The van der Waals surface area contributed by atoms with E-state index >= 15 is 0 Å². The van der Waals surface area contributed by atoms with Gasteiger partial charge >= 0.3 is 0 Å². The molecular weight excluding hydrogens is 313 g/mol. The fraction of sp³-hybridized carbons (Fsp3) is 0. The monoisotopic (exact) mass is 313 g/mol. The van der Waals surface area contributed by atoms with E-state index in [1.165, 1.54) is 12.1 Å². The molecule has 1 aromatic rings. The van der Waals surface area contributed by atoms with E-state index in [4.69, 9.17) is 11.6 Å². The molecular formula is C6H2Br2ClNO2. The lowest BCUT2D eigenvalue weighted by molar-refractivity contribution is -0.386. The Morgan fingerprint density at radius 3 is 2.08 bits per heavy atom. The molecule has 0 N–H and O–H groups in total. The first-order valence-electron chi connectivity index (χ1n) is 2.81. The lowest BCUT2D eigenvalue weighted by Gasteiger charge is -1.98. The number of hydrogen-bond donors (Lipinski definition) is 0. The molecule has 0 bridgehead atoms. The highest BCUT2D eigenvalue weighted by Gasteiger charge is 2.17. The molecule has 0 amide bonds. The molecule has 1 aromatic carbocycles. The van der Waals surface area contributed by atoms with Gasteiger partial charge in [0.1, 0.15) is 0 Å². The van der Waals surface area contributed by atoms with E-state index in [1.54, 1.807) is 0 Å². The summed E-state index contributed by atoms with van der Waals surface area (Å²) >= 11 is 11.7. The predicted octanol–water partition coefficient (Wildman–Crippen LogP) is 3.77. The zero-order valence-electron chi connectivity index (χ0n) is 5.55. The maximum Gasteiger partial charge on any atom is 0.297 e. The summed E-state index contributed by atoms with van der Waals surface area (Å²) in [6.07, 6.45) is 0. The zero-order valence-corrected chi connectivity index (χ0v) is 9.48. The van der Waals surface area contributed by atoms with Gasteiger partial charge in [-0.3, -0.25) is 10.1 Å². The second kappa shape index (κ2) is 3.72. The lowest BCUT2D eigenvalue weighted by Crippen LogP contribution is -1.90. The van der Waals surface area contributed by atoms with E-state index < -0.39 is 4.92 Å². The van der Waals surface area contributed by atoms with Gasteiger partial charge in [0.25, 0.3) is 5.69 Å². The summed E-state index contributed by atoms with van der Waals surface area (Å²) < 4.78 is 0.735. The van der Waals surface area contributed by atoms with Crippen LogP contribution in [0.4, 0.5) is 5.69 Å². The van der Waals surface area contributed by atoms with Gasteiger partial charge < -0.3 is 0 Å². The fourth-order valence-electron chi connectivity index (χ4n) is 0.709. The Morgan fingerprint density at radius 2 is 1.75 bits per heavy atom. The third-order valence-electron chi connectivity index (χ3n) is 1.16. The van der Waals surface area contributed by atoms with E-state index in [0.717, 1.165) is 0 Å². The molecule has 12 heavy (non-hydrogen) atoms. The Kier molecular flexibility index (Phi) is 3.09. The normalized spacial score (nSPS) is 9.92. The Hall–Kier alpha value is -0.130. The van der Waals surface area contributed by atoms with Gasteiger partial charge in [0.2, 0.25) is 0 Å². The largest absolute Gasteiger partial charge is 0.297 e. The molecule has 0 spiro atoms. The second-order valence-electron chi connectivity index (χ2n) is 1.98. The number of halogens is 3. The Balaban J connectivity index is 3.38. The molecule has 0 saturated heterocycles. The summed E-state index contributed by atoms with van der Waals surface area (Å²) in [6.45, 7) is 0. The van der Waals surface area contributed by atoms with Crippen LogP contribution < -0.4 is 0 Å². The fourth-order valence-corrected chi connectivity index (χ4v) is 2.67. The highest BCUT2D eigenvalue weighted by Crippen LogP contribution is 2.35. The Labute approximate surface area is 90.1 Å². The predicted molar refractivity (Wildman–Crippen MR) is 53.5 cm³/mol. The highest BCUT2D eigenvalue weighted by molar-refractivity contribution is 9.11. The molecule has 0 fully saturated rings. The molecule has 64 valence electrons. The number of nitro groups is 1. The van der Waals surface area contributed by atoms with Crippen molar-refractivity contribution in [3.63, 3.8) is 0 Å². The second-order valence-corrected chi connectivity index (χ2v) is 4.12.